The summed E-state index contributed by atoms with van der Waals surface area (Å²) in [5.41, 5.74) is 3.67. The summed E-state index contributed by atoms with van der Waals surface area (Å²) >= 11 is 0. The van der Waals surface area contributed by atoms with E-state index in [2.05, 4.69) is 46.5 Å². The quantitative estimate of drug-likeness (QED) is 0.385. The highest BCUT2D eigenvalue weighted by atomic mass is 16.5. The summed E-state index contributed by atoms with van der Waals surface area (Å²) in [6, 6.07) is 23.5. The van der Waals surface area contributed by atoms with Gasteiger partial charge in [0.15, 0.2) is 0 Å². The fourth-order valence-corrected chi connectivity index (χ4v) is 3.54. The number of rotatable bonds is 10. The van der Waals surface area contributed by atoms with Crippen LogP contribution in [-0.2, 0) is 13.2 Å². The molecule has 6 heteroatoms. The summed E-state index contributed by atoms with van der Waals surface area (Å²) in [5, 5.41) is 2.99. The molecule has 6 nitrogen and oxygen atoms in total. The van der Waals surface area contributed by atoms with E-state index in [4.69, 9.17) is 4.74 Å². The van der Waals surface area contributed by atoms with E-state index in [1.807, 2.05) is 53.2 Å². The molecule has 2 aromatic carbocycles. The zero-order valence-corrected chi connectivity index (χ0v) is 18.3. The molecule has 0 aliphatic carbocycles. The standard InChI is InChI=1S/C26H28N4O2/c1-29(18-21-8-3-2-4-9-21)16-7-15-27-26(31)22-11-13-24(14-12-22)32-20-23-19-30-17-6-5-10-25(30)28-23/h2-6,8-14,17,19H,7,15-16,18,20H2,1H3,(H,27,31). The maximum Gasteiger partial charge on any atom is 0.251 e. The fraction of sp³-hybridized carbons (Fsp3) is 0.231. The van der Waals surface area contributed by atoms with Crippen LogP contribution in [0.3, 0.4) is 0 Å². The first-order valence-electron chi connectivity index (χ1n) is 10.8. The third kappa shape index (κ3) is 5.95. The highest BCUT2D eigenvalue weighted by Crippen LogP contribution is 2.15. The Morgan fingerprint density at radius 2 is 1.81 bits per heavy atom. The van der Waals surface area contributed by atoms with E-state index in [1.165, 1.54) is 5.56 Å². The first-order chi connectivity index (χ1) is 15.7. The number of carbonyl (C=O) groups is 1. The van der Waals surface area contributed by atoms with Gasteiger partial charge in [0.2, 0.25) is 0 Å². The van der Waals surface area contributed by atoms with Gasteiger partial charge in [-0.3, -0.25) is 4.79 Å². The number of benzene rings is 2. The maximum atomic E-state index is 12.4. The van der Waals surface area contributed by atoms with Crippen molar-refractivity contribution in [2.75, 3.05) is 20.1 Å². The van der Waals surface area contributed by atoms with Crippen LogP contribution >= 0.6 is 0 Å². The van der Waals surface area contributed by atoms with Crippen molar-refractivity contribution >= 4 is 11.6 Å². The molecule has 0 unspecified atom stereocenters. The number of imidazole rings is 1. The van der Waals surface area contributed by atoms with Crippen LogP contribution in [0.4, 0.5) is 0 Å². The third-order valence-corrected chi connectivity index (χ3v) is 5.21. The van der Waals surface area contributed by atoms with Crippen molar-refractivity contribution in [3.05, 3.63) is 102 Å². The predicted molar refractivity (Wildman–Crippen MR) is 126 cm³/mol. The summed E-state index contributed by atoms with van der Waals surface area (Å²) in [7, 11) is 2.10. The van der Waals surface area contributed by atoms with Crippen molar-refractivity contribution in [2.24, 2.45) is 0 Å². The molecule has 1 amide bonds. The molecule has 0 aliphatic rings. The average molecular weight is 429 g/mol. The van der Waals surface area contributed by atoms with Crippen LogP contribution in [0.15, 0.2) is 85.2 Å². The summed E-state index contributed by atoms with van der Waals surface area (Å²) in [6.07, 6.45) is 4.81. The SMILES string of the molecule is CN(CCCNC(=O)c1ccc(OCc2cn3ccccc3n2)cc1)Cc1ccccc1. The van der Waals surface area contributed by atoms with Crippen molar-refractivity contribution in [2.45, 2.75) is 19.6 Å². The van der Waals surface area contributed by atoms with Gasteiger partial charge in [-0.2, -0.15) is 0 Å². The number of pyridine rings is 1. The highest BCUT2D eigenvalue weighted by molar-refractivity contribution is 5.94. The average Bonchev–Trinajstić information content (AvgIpc) is 3.24. The number of carbonyl (C=O) groups excluding carboxylic acids is 1. The lowest BCUT2D eigenvalue weighted by Gasteiger charge is -2.16. The minimum absolute atomic E-state index is 0.0670. The van der Waals surface area contributed by atoms with E-state index in [0.29, 0.717) is 24.5 Å². The lowest BCUT2D eigenvalue weighted by Crippen LogP contribution is -2.28. The Morgan fingerprint density at radius 3 is 2.59 bits per heavy atom. The summed E-state index contributed by atoms with van der Waals surface area (Å²) < 4.78 is 7.78. The number of ether oxygens (including phenoxy) is 1. The molecule has 164 valence electrons. The predicted octanol–water partition coefficient (Wildman–Crippen LogP) is 4.17. The van der Waals surface area contributed by atoms with Gasteiger partial charge >= 0.3 is 0 Å². The van der Waals surface area contributed by atoms with Crippen molar-refractivity contribution in [3.8, 4) is 5.75 Å². The Kier molecular flexibility index (Phi) is 7.15. The van der Waals surface area contributed by atoms with Gasteiger partial charge in [0.05, 0.1) is 5.69 Å². The Labute approximate surface area is 188 Å². The molecule has 1 N–H and O–H groups in total. The van der Waals surface area contributed by atoms with Crippen LogP contribution in [0.5, 0.6) is 5.75 Å². The Morgan fingerprint density at radius 1 is 1.03 bits per heavy atom. The second-order valence-corrected chi connectivity index (χ2v) is 7.84. The normalized spacial score (nSPS) is 11.1. The van der Waals surface area contributed by atoms with E-state index in [1.54, 1.807) is 12.1 Å². The van der Waals surface area contributed by atoms with E-state index in [0.717, 1.165) is 30.9 Å². The van der Waals surface area contributed by atoms with Crippen LogP contribution in [0.25, 0.3) is 5.65 Å². The first kappa shape index (κ1) is 21.6. The summed E-state index contributed by atoms with van der Waals surface area (Å²) in [6.45, 7) is 2.85. The molecule has 2 heterocycles. The molecular weight excluding hydrogens is 400 g/mol. The number of amides is 1. The fourth-order valence-electron chi connectivity index (χ4n) is 3.54. The monoisotopic (exact) mass is 428 g/mol. The molecule has 0 fully saturated rings. The number of aromatic nitrogens is 2. The van der Waals surface area contributed by atoms with Gasteiger partial charge in [0.1, 0.15) is 18.0 Å². The Bertz CT molecular complexity index is 1110. The second kappa shape index (κ2) is 10.6. The number of nitrogens with zero attached hydrogens (tertiary/aromatic N) is 3. The lowest BCUT2D eigenvalue weighted by molar-refractivity contribution is 0.0952. The van der Waals surface area contributed by atoms with E-state index < -0.39 is 0 Å². The molecule has 32 heavy (non-hydrogen) atoms. The molecule has 0 spiro atoms. The lowest BCUT2D eigenvalue weighted by atomic mass is 10.2. The summed E-state index contributed by atoms with van der Waals surface area (Å²) in [4.78, 5) is 19.2. The number of nitrogens with one attached hydrogen (secondary N) is 1. The molecular formula is C26H28N4O2. The second-order valence-electron chi connectivity index (χ2n) is 7.84. The van der Waals surface area contributed by atoms with Crippen LogP contribution in [0, 0.1) is 0 Å². The zero-order chi connectivity index (χ0) is 22.2. The molecule has 4 rings (SSSR count). The van der Waals surface area contributed by atoms with Gasteiger partial charge in [0.25, 0.3) is 5.91 Å². The van der Waals surface area contributed by atoms with E-state index in [-0.39, 0.29) is 5.91 Å². The Balaban J connectivity index is 1.18. The minimum Gasteiger partial charge on any atom is -0.487 e. The van der Waals surface area contributed by atoms with Gasteiger partial charge < -0.3 is 19.4 Å². The van der Waals surface area contributed by atoms with E-state index in [9.17, 15) is 4.79 Å². The van der Waals surface area contributed by atoms with Gasteiger partial charge in [-0.1, -0.05) is 36.4 Å². The molecule has 4 aromatic rings. The molecule has 0 saturated carbocycles. The van der Waals surface area contributed by atoms with E-state index >= 15 is 0 Å². The number of fused-ring (bicyclic) bond motifs is 1. The van der Waals surface area contributed by atoms with Crippen molar-refractivity contribution < 1.29 is 9.53 Å². The van der Waals surface area contributed by atoms with Crippen LogP contribution in [-0.4, -0.2) is 40.3 Å². The van der Waals surface area contributed by atoms with Crippen LogP contribution < -0.4 is 10.1 Å². The van der Waals surface area contributed by atoms with Crippen molar-refractivity contribution in [1.29, 1.82) is 0 Å². The highest BCUT2D eigenvalue weighted by Gasteiger charge is 2.07. The topological polar surface area (TPSA) is 58.9 Å². The van der Waals surface area contributed by atoms with Gasteiger partial charge in [0, 0.05) is 31.0 Å². The molecule has 0 atom stereocenters. The molecule has 0 bridgehead atoms. The number of hydrogen-bond donors (Lipinski definition) is 1. The molecule has 0 radical (unpaired) electrons. The maximum absolute atomic E-state index is 12.4. The van der Waals surface area contributed by atoms with Gasteiger partial charge in [-0.15, -0.1) is 0 Å². The summed E-state index contributed by atoms with van der Waals surface area (Å²) in [5.74, 6) is 0.642. The Hall–Kier alpha value is -3.64. The zero-order valence-electron chi connectivity index (χ0n) is 18.3. The number of hydrogen-bond acceptors (Lipinski definition) is 4. The van der Waals surface area contributed by atoms with Crippen molar-refractivity contribution in [3.63, 3.8) is 0 Å². The van der Waals surface area contributed by atoms with Crippen molar-refractivity contribution in [1.82, 2.24) is 19.6 Å². The molecule has 0 aliphatic heterocycles. The van der Waals surface area contributed by atoms with Gasteiger partial charge in [-0.25, -0.2) is 4.98 Å². The molecule has 0 saturated heterocycles. The van der Waals surface area contributed by atoms with Crippen LogP contribution in [0.2, 0.25) is 0 Å². The minimum atomic E-state index is -0.0670. The smallest absolute Gasteiger partial charge is 0.251 e. The van der Waals surface area contributed by atoms with Gasteiger partial charge in [-0.05, 0) is 62.0 Å². The molecule has 2 aromatic heterocycles. The third-order valence-electron chi connectivity index (χ3n) is 5.21. The largest absolute Gasteiger partial charge is 0.487 e. The first-order valence-corrected chi connectivity index (χ1v) is 10.8. The van der Waals surface area contributed by atoms with Crippen LogP contribution in [0.1, 0.15) is 28.0 Å².